The number of aliphatic hydroxyl groups is 1. The summed E-state index contributed by atoms with van der Waals surface area (Å²) in [6, 6.07) is 28.8. The number of nitrogens with zero attached hydrogens (tertiary/aromatic N) is 3. The molecule has 5 unspecified atom stereocenters. The monoisotopic (exact) mass is 678 g/mol. The maximum Gasteiger partial charge on any atom is 0.408 e. The Morgan fingerprint density at radius 2 is 1.66 bits per heavy atom. The molecule has 3 aromatic carbocycles. The van der Waals surface area contributed by atoms with E-state index in [9.17, 15) is 19.5 Å². The first-order valence-corrected chi connectivity index (χ1v) is 16.8. The van der Waals surface area contributed by atoms with Crippen LogP contribution in [0.2, 0.25) is 0 Å². The molecule has 2 fully saturated rings. The summed E-state index contributed by atoms with van der Waals surface area (Å²) in [6.45, 7) is 3.59. The van der Waals surface area contributed by atoms with Gasteiger partial charge in [-0.15, -0.1) is 0 Å². The first-order chi connectivity index (χ1) is 24.3. The third kappa shape index (κ3) is 8.43. The van der Waals surface area contributed by atoms with Gasteiger partial charge in [0, 0.05) is 42.9 Å². The van der Waals surface area contributed by atoms with E-state index >= 15 is 0 Å². The van der Waals surface area contributed by atoms with Gasteiger partial charge in [0.15, 0.2) is 6.29 Å². The molecule has 11 nitrogen and oxygen atoms in total. The summed E-state index contributed by atoms with van der Waals surface area (Å²) in [5.74, 6) is -0.944. The first-order valence-electron chi connectivity index (χ1n) is 16.8. The summed E-state index contributed by atoms with van der Waals surface area (Å²) in [7, 11) is 2.07. The Bertz CT molecular complexity index is 1740. The largest absolute Gasteiger partial charge is 0.445 e. The quantitative estimate of drug-likeness (QED) is 0.197. The van der Waals surface area contributed by atoms with Crippen molar-refractivity contribution in [1.29, 1.82) is 0 Å². The maximum absolute atomic E-state index is 13.2. The molecule has 0 bridgehead atoms. The van der Waals surface area contributed by atoms with Gasteiger partial charge in [0.25, 0.3) is 5.91 Å². The van der Waals surface area contributed by atoms with Crippen LogP contribution >= 0.6 is 0 Å². The number of pyridine rings is 1. The fourth-order valence-corrected chi connectivity index (χ4v) is 6.28. The summed E-state index contributed by atoms with van der Waals surface area (Å²) in [5.41, 5.74) is 4.76. The predicted molar refractivity (Wildman–Crippen MR) is 186 cm³/mol. The van der Waals surface area contributed by atoms with E-state index in [1.54, 1.807) is 30.5 Å². The number of imide groups is 1. The summed E-state index contributed by atoms with van der Waals surface area (Å²) in [6.07, 6.45) is 0.499. The van der Waals surface area contributed by atoms with Crippen LogP contribution in [-0.4, -0.2) is 65.2 Å². The second-order valence-electron chi connectivity index (χ2n) is 12.8. The molecule has 2 aliphatic rings. The fraction of sp³-hybridized carbons (Fsp3) is 0.333. The van der Waals surface area contributed by atoms with Crippen molar-refractivity contribution in [3.05, 3.63) is 131 Å². The molecule has 2 N–H and O–H groups in total. The van der Waals surface area contributed by atoms with Gasteiger partial charge in [0.2, 0.25) is 5.91 Å². The lowest BCUT2D eigenvalue weighted by molar-refractivity contribution is -0.275. The van der Waals surface area contributed by atoms with Crippen molar-refractivity contribution in [3.63, 3.8) is 0 Å². The Balaban J connectivity index is 1.13. The molecule has 5 atom stereocenters. The summed E-state index contributed by atoms with van der Waals surface area (Å²) in [4.78, 5) is 46.4. The molecule has 50 heavy (non-hydrogen) atoms. The molecule has 3 amide bonds. The molecule has 6 rings (SSSR count). The Hall–Kier alpha value is -4.94. The van der Waals surface area contributed by atoms with Gasteiger partial charge in [-0.05, 0) is 48.0 Å². The zero-order valence-corrected chi connectivity index (χ0v) is 28.2. The van der Waals surface area contributed by atoms with Crippen LogP contribution in [-0.2, 0) is 43.4 Å². The van der Waals surface area contributed by atoms with Crippen LogP contribution < -0.4 is 10.2 Å². The lowest BCUT2D eigenvalue weighted by Crippen LogP contribution is -2.44. The number of carbonyl (C=O) groups excluding carboxylic acids is 3. The van der Waals surface area contributed by atoms with E-state index in [1.165, 1.54) is 0 Å². The van der Waals surface area contributed by atoms with Crippen molar-refractivity contribution in [2.45, 2.75) is 57.5 Å². The molecule has 260 valence electrons. The second kappa shape index (κ2) is 16.2. The van der Waals surface area contributed by atoms with Gasteiger partial charge in [0.05, 0.1) is 30.9 Å². The molecule has 1 aromatic heterocycles. The minimum absolute atomic E-state index is 0.00598. The summed E-state index contributed by atoms with van der Waals surface area (Å²) < 4.78 is 18.4. The van der Waals surface area contributed by atoms with Crippen molar-refractivity contribution in [3.8, 4) is 0 Å². The highest BCUT2D eigenvalue weighted by Crippen LogP contribution is 2.42. The number of aromatic nitrogens is 1. The molecule has 0 aliphatic carbocycles. The number of rotatable bonds is 12. The number of anilines is 1. The lowest BCUT2D eigenvalue weighted by Gasteiger charge is -2.42. The van der Waals surface area contributed by atoms with Crippen LogP contribution in [0.1, 0.15) is 53.7 Å². The smallest absolute Gasteiger partial charge is 0.408 e. The topological polar surface area (TPSA) is 131 Å². The molecular weight excluding hydrogens is 636 g/mol. The molecule has 11 heteroatoms. The van der Waals surface area contributed by atoms with Gasteiger partial charge in [0.1, 0.15) is 12.6 Å². The maximum atomic E-state index is 13.2. The van der Waals surface area contributed by atoms with E-state index in [2.05, 4.69) is 29.2 Å². The number of hydrogen-bond donors (Lipinski definition) is 2. The fourth-order valence-electron chi connectivity index (χ4n) is 6.28. The number of hydrogen-bond acceptors (Lipinski definition) is 9. The zero-order chi connectivity index (χ0) is 35.0. The van der Waals surface area contributed by atoms with Gasteiger partial charge in [-0.25, -0.2) is 9.69 Å². The van der Waals surface area contributed by atoms with Crippen LogP contribution in [0.5, 0.6) is 0 Å². The number of alkyl carbamates (subject to hydrolysis) is 1. The van der Waals surface area contributed by atoms with Crippen LogP contribution in [0.4, 0.5) is 10.5 Å². The minimum atomic E-state index is -1.02. The van der Waals surface area contributed by atoms with Crippen molar-refractivity contribution in [2.75, 3.05) is 25.0 Å². The number of aliphatic hydroxyl groups excluding tert-OH is 1. The number of amides is 3. The number of nitrogens with one attached hydrogen (secondary N) is 1. The third-order valence-corrected chi connectivity index (χ3v) is 9.17. The molecule has 2 aliphatic heterocycles. The van der Waals surface area contributed by atoms with Crippen LogP contribution in [0.3, 0.4) is 0 Å². The Kier molecular flexibility index (Phi) is 11.3. The highest BCUT2D eigenvalue weighted by atomic mass is 16.7. The van der Waals surface area contributed by atoms with Crippen LogP contribution in [0.25, 0.3) is 0 Å². The van der Waals surface area contributed by atoms with Crippen molar-refractivity contribution in [1.82, 2.24) is 15.2 Å². The first kappa shape index (κ1) is 34.9. The molecule has 0 saturated carbocycles. The highest BCUT2D eigenvalue weighted by Gasteiger charge is 2.42. The van der Waals surface area contributed by atoms with Crippen molar-refractivity contribution in [2.24, 2.45) is 5.92 Å². The molecule has 0 radical (unpaired) electrons. The zero-order valence-electron chi connectivity index (χ0n) is 28.2. The second-order valence-corrected chi connectivity index (χ2v) is 12.8. The SMILES string of the molecule is CC1C(CN(C)CCc2ccccn2)OC(c2ccc(N3C(=O)CC(NC(=O)OCc4ccccc4)C3=O)cc2)OC1c1ccc(CO)cc1. The predicted octanol–water partition coefficient (Wildman–Crippen LogP) is 5.10. The standard InChI is InChI=1S/C39H42N4O7/c1-26-34(23-42(2)21-19-31-10-6-7-20-40-31)49-38(50-36(26)29-13-11-27(24-44)12-14-29)30-15-17-32(18-16-30)43-35(45)22-33(37(43)46)41-39(47)48-25-28-8-4-3-5-9-28/h3-18,20,26,33-34,36,38,44H,19,21-25H2,1-2H3,(H,41,47). The van der Waals surface area contributed by atoms with E-state index in [4.69, 9.17) is 14.2 Å². The number of carbonyl (C=O) groups is 3. The van der Waals surface area contributed by atoms with Gasteiger partial charge in [-0.2, -0.15) is 0 Å². The summed E-state index contributed by atoms with van der Waals surface area (Å²) in [5, 5.41) is 12.1. The average Bonchev–Trinajstić information content (AvgIpc) is 3.43. The number of likely N-dealkylation sites (N-methyl/N-ethyl adjacent to an activating group) is 1. The van der Waals surface area contributed by atoms with Gasteiger partial charge in [-0.1, -0.05) is 79.7 Å². The Morgan fingerprint density at radius 3 is 2.36 bits per heavy atom. The Morgan fingerprint density at radius 1 is 0.940 bits per heavy atom. The molecular formula is C39H42N4O7. The Labute approximate surface area is 291 Å². The molecule has 3 heterocycles. The van der Waals surface area contributed by atoms with Crippen LogP contribution in [0, 0.1) is 5.92 Å². The van der Waals surface area contributed by atoms with E-state index in [0.29, 0.717) is 12.2 Å². The molecule has 0 spiro atoms. The lowest BCUT2D eigenvalue weighted by atomic mass is 9.90. The third-order valence-electron chi connectivity index (χ3n) is 9.17. The van der Waals surface area contributed by atoms with Crippen molar-refractivity contribution < 1.29 is 33.7 Å². The number of ether oxygens (including phenoxy) is 3. The minimum Gasteiger partial charge on any atom is -0.445 e. The van der Waals surface area contributed by atoms with Crippen LogP contribution in [0.15, 0.2) is 103 Å². The van der Waals surface area contributed by atoms with Crippen molar-refractivity contribution >= 4 is 23.6 Å². The number of benzene rings is 3. The van der Waals surface area contributed by atoms with E-state index in [1.807, 2.05) is 72.8 Å². The normalized spacial score (nSPS) is 22.2. The summed E-state index contributed by atoms with van der Waals surface area (Å²) >= 11 is 0. The highest BCUT2D eigenvalue weighted by molar-refractivity contribution is 6.22. The average molecular weight is 679 g/mol. The van der Waals surface area contributed by atoms with E-state index in [-0.39, 0.29) is 37.8 Å². The van der Waals surface area contributed by atoms with E-state index in [0.717, 1.165) is 45.8 Å². The van der Waals surface area contributed by atoms with E-state index < -0.39 is 30.2 Å². The van der Waals surface area contributed by atoms with Gasteiger partial charge >= 0.3 is 6.09 Å². The molecule has 4 aromatic rings. The molecule has 2 saturated heterocycles. The van der Waals surface area contributed by atoms with Gasteiger partial charge in [-0.3, -0.25) is 14.6 Å². The van der Waals surface area contributed by atoms with Gasteiger partial charge < -0.3 is 29.5 Å².